The van der Waals surface area contributed by atoms with Gasteiger partial charge in [-0.3, -0.25) is 4.79 Å². The molecule has 0 atom stereocenters. The quantitative estimate of drug-likeness (QED) is 0.841. The molecule has 0 saturated heterocycles. The van der Waals surface area contributed by atoms with Crippen LogP contribution >= 0.6 is 38.9 Å². The Hall–Kier alpha value is -1.04. The summed E-state index contributed by atoms with van der Waals surface area (Å²) in [6.07, 6.45) is 0. The van der Waals surface area contributed by atoms with Gasteiger partial charge in [0.2, 0.25) is 0 Å². The van der Waals surface area contributed by atoms with Gasteiger partial charge < -0.3 is 10.6 Å². The number of anilines is 1. The van der Waals surface area contributed by atoms with Crippen molar-refractivity contribution in [2.45, 2.75) is 6.54 Å². The molecule has 6 heteroatoms. The molecule has 0 unspecified atom stereocenters. The maximum Gasteiger partial charge on any atom is 0.256 e. The summed E-state index contributed by atoms with van der Waals surface area (Å²) in [4.78, 5) is 15.0. The summed E-state index contributed by atoms with van der Waals surface area (Å²) >= 11 is 10.9. The Morgan fingerprint density at radius 1 is 1.53 bits per heavy atom. The summed E-state index contributed by atoms with van der Waals surface area (Å²) in [7, 11) is 1.75. The maximum atomic E-state index is 12.3. The molecule has 2 aromatic rings. The Labute approximate surface area is 129 Å². The molecule has 0 bridgehead atoms. The molecule has 2 rings (SSSR count). The van der Waals surface area contributed by atoms with Crippen LogP contribution in [0.5, 0.6) is 0 Å². The Balaban J connectivity index is 2.17. The Morgan fingerprint density at radius 2 is 2.26 bits per heavy atom. The number of carbonyl (C=O) groups is 1. The minimum atomic E-state index is -0.135. The lowest BCUT2D eigenvalue weighted by Crippen LogP contribution is -2.26. The van der Waals surface area contributed by atoms with Crippen molar-refractivity contribution in [1.29, 1.82) is 0 Å². The highest BCUT2D eigenvalue weighted by molar-refractivity contribution is 9.10. The van der Waals surface area contributed by atoms with Crippen molar-refractivity contribution < 1.29 is 4.79 Å². The molecule has 0 aliphatic carbocycles. The van der Waals surface area contributed by atoms with Gasteiger partial charge in [0.15, 0.2) is 0 Å². The van der Waals surface area contributed by atoms with Gasteiger partial charge in [-0.25, -0.2) is 0 Å². The lowest BCUT2D eigenvalue weighted by molar-refractivity contribution is 0.0787. The van der Waals surface area contributed by atoms with Gasteiger partial charge in [0.05, 0.1) is 22.8 Å². The number of hydrogen-bond acceptors (Lipinski definition) is 3. The van der Waals surface area contributed by atoms with Gasteiger partial charge in [0.25, 0.3) is 5.91 Å². The number of nitrogens with two attached hydrogens (primary N) is 1. The molecular weight excluding hydrogens is 348 g/mol. The Bertz CT molecular complexity index is 614. The van der Waals surface area contributed by atoms with Gasteiger partial charge in [-0.15, -0.1) is 11.3 Å². The Morgan fingerprint density at radius 3 is 2.89 bits per heavy atom. The van der Waals surface area contributed by atoms with Crippen LogP contribution in [0.3, 0.4) is 0 Å². The highest BCUT2D eigenvalue weighted by atomic mass is 79.9. The number of nitrogens with zero attached hydrogens (tertiary/aromatic N) is 1. The lowest BCUT2D eigenvalue weighted by atomic mass is 10.1. The first-order valence-electron chi connectivity index (χ1n) is 5.51. The molecule has 0 aliphatic heterocycles. The lowest BCUT2D eigenvalue weighted by Gasteiger charge is -2.17. The van der Waals surface area contributed by atoms with Crippen molar-refractivity contribution in [3.05, 3.63) is 49.6 Å². The van der Waals surface area contributed by atoms with Crippen molar-refractivity contribution in [2.24, 2.45) is 0 Å². The summed E-state index contributed by atoms with van der Waals surface area (Å²) < 4.78 is 1.02. The third kappa shape index (κ3) is 3.29. The van der Waals surface area contributed by atoms with Crippen LogP contribution in [0.2, 0.25) is 5.02 Å². The monoisotopic (exact) mass is 358 g/mol. The second kappa shape index (κ2) is 5.94. The number of rotatable bonds is 3. The van der Waals surface area contributed by atoms with E-state index in [1.54, 1.807) is 41.5 Å². The van der Waals surface area contributed by atoms with Crippen molar-refractivity contribution in [1.82, 2.24) is 4.90 Å². The van der Waals surface area contributed by atoms with E-state index in [0.717, 1.165) is 9.35 Å². The van der Waals surface area contributed by atoms with E-state index in [9.17, 15) is 4.79 Å². The van der Waals surface area contributed by atoms with Gasteiger partial charge >= 0.3 is 0 Å². The van der Waals surface area contributed by atoms with Gasteiger partial charge in [-0.2, -0.15) is 0 Å². The molecule has 0 radical (unpaired) electrons. The van der Waals surface area contributed by atoms with Crippen molar-refractivity contribution >= 4 is 50.5 Å². The van der Waals surface area contributed by atoms with E-state index in [-0.39, 0.29) is 5.91 Å². The van der Waals surface area contributed by atoms with Crippen molar-refractivity contribution in [2.75, 3.05) is 12.8 Å². The first-order valence-corrected chi connectivity index (χ1v) is 7.56. The third-order valence-electron chi connectivity index (χ3n) is 2.64. The van der Waals surface area contributed by atoms with Gasteiger partial charge in [0, 0.05) is 21.8 Å². The third-order valence-corrected chi connectivity index (χ3v) is 4.66. The second-order valence-corrected chi connectivity index (χ2v) is 6.41. The zero-order valence-corrected chi connectivity index (χ0v) is 13.3. The molecule has 3 nitrogen and oxygen atoms in total. The zero-order chi connectivity index (χ0) is 14.0. The van der Waals surface area contributed by atoms with Crippen molar-refractivity contribution in [3.63, 3.8) is 0 Å². The largest absolute Gasteiger partial charge is 0.397 e. The van der Waals surface area contributed by atoms with E-state index in [1.807, 2.05) is 11.4 Å². The normalized spacial score (nSPS) is 10.5. The number of thiophene rings is 1. The molecule has 0 fully saturated rings. The van der Waals surface area contributed by atoms with E-state index in [1.165, 1.54) is 0 Å². The highest BCUT2D eigenvalue weighted by Crippen LogP contribution is 2.25. The number of nitrogen functional groups attached to an aromatic ring is 1. The molecule has 0 aliphatic rings. The van der Waals surface area contributed by atoms with Gasteiger partial charge in [-0.1, -0.05) is 17.7 Å². The molecule has 2 N–H and O–H groups in total. The van der Waals surface area contributed by atoms with Crippen LogP contribution in [0, 0.1) is 0 Å². The average molecular weight is 360 g/mol. The van der Waals surface area contributed by atoms with Crippen LogP contribution in [0.25, 0.3) is 0 Å². The van der Waals surface area contributed by atoms with E-state index < -0.39 is 0 Å². The minimum absolute atomic E-state index is 0.135. The molecular formula is C13H12BrClN2OS. The highest BCUT2D eigenvalue weighted by Gasteiger charge is 2.16. The number of carbonyl (C=O) groups excluding carboxylic acids is 1. The second-order valence-electron chi connectivity index (χ2n) is 4.09. The van der Waals surface area contributed by atoms with E-state index in [4.69, 9.17) is 17.3 Å². The molecule has 1 amide bonds. The number of halogens is 2. The fourth-order valence-electron chi connectivity index (χ4n) is 1.67. The summed E-state index contributed by atoms with van der Waals surface area (Å²) in [5.41, 5.74) is 6.60. The van der Waals surface area contributed by atoms with Gasteiger partial charge in [0.1, 0.15) is 0 Å². The van der Waals surface area contributed by atoms with Crippen LogP contribution in [-0.2, 0) is 6.54 Å². The maximum absolute atomic E-state index is 12.3. The molecule has 0 spiro atoms. The number of benzene rings is 1. The summed E-state index contributed by atoms with van der Waals surface area (Å²) in [6, 6.07) is 7.08. The van der Waals surface area contributed by atoms with Gasteiger partial charge in [-0.05, 0) is 34.1 Å². The van der Waals surface area contributed by atoms with Crippen LogP contribution < -0.4 is 5.73 Å². The minimum Gasteiger partial charge on any atom is -0.397 e. The van der Waals surface area contributed by atoms with E-state index in [2.05, 4.69) is 15.9 Å². The number of para-hydroxylation sites is 1. The smallest absolute Gasteiger partial charge is 0.256 e. The number of hydrogen-bond donors (Lipinski definition) is 1. The van der Waals surface area contributed by atoms with Crippen LogP contribution in [-0.4, -0.2) is 17.9 Å². The van der Waals surface area contributed by atoms with Crippen LogP contribution in [0.15, 0.2) is 34.1 Å². The van der Waals surface area contributed by atoms with E-state index >= 15 is 0 Å². The first kappa shape index (κ1) is 14.4. The molecule has 0 saturated carbocycles. The molecule has 1 aromatic heterocycles. The fraction of sp³-hybridized carbons (Fsp3) is 0.154. The predicted molar refractivity (Wildman–Crippen MR) is 83.7 cm³/mol. The van der Waals surface area contributed by atoms with E-state index in [0.29, 0.717) is 22.8 Å². The molecule has 1 heterocycles. The fourth-order valence-corrected chi connectivity index (χ4v) is 3.35. The summed E-state index contributed by atoms with van der Waals surface area (Å²) in [5, 5.41) is 2.39. The summed E-state index contributed by atoms with van der Waals surface area (Å²) in [6.45, 7) is 0.543. The average Bonchev–Trinajstić information content (AvgIpc) is 2.77. The van der Waals surface area contributed by atoms with Crippen LogP contribution in [0.4, 0.5) is 5.69 Å². The standard InChI is InChI=1S/C13H12BrClN2OS/c1-17(6-9-5-8(14)7-19-9)13(18)10-3-2-4-11(15)12(10)16/h2-5,7H,6,16H2,1H3. The molecule has 100 valence electrons. The first-order chi connectivity index (χ1) is 8.99. The zero-order valence-electron chi connectivity index (χ0n) is 10.2. The van der Waals surface area contributed by atoms with Crippen LogP contribution in [0.1, 0.15) is 15.2 Å². The SMILES string of the molecule is CN(Cc1cc(Br)cs1)C(=O)c1cccc(Cl)c1N. The molecule has 1 aromatic carbocycles. The number of amides is 1. The molecule has 19 heavy (non-hydrogen) atoms. The predicted octanol–water partition coefficient (Wildman–Crippen LogP) is 4.02. The summed E-state index contributed by atoms with van der Waals surface area (Å²) in [5.74, 6) is -0.135. The topological polar surface area (TPSA) is 46.3 Å². The Kier molecular flexibility index (Phi) is 4.50. The van der Waals surface area contributed by atoms with Crippen molar-refractivity contribution in [3.8, 4) is 0 Å².